The lowest BCUT2D eigenvalue weighted by Gasteiger charge is -2.25. The van der Waals surface area contributed by atoms with Gasteiger partial charge in [0.25, 0.3) is 0 Å². The zero-order valence-electron chi connectivity index (χ0n) is 9.99. The first-order valence-corrected chi connectivity index (χ1v) is 5.67. The Morgan fingerprint density at radius 2 is 2.38 bits per heavy atom. The highest BCUT2D eigenvalue weighted by atomic mass is 16.5. The van der Waals surface area contributed by atoms with Gasteiger partial charge in [0.1, 0.15) is 0 Å². The van der Waals surface area contributed by atoms with Crippen LogP contribution in [0.5, 0.6) is 0 Å². The predicted molar refractivity (Wildman–Crippen MR) is 59.9 cm³/mol. The molecule has 1 aliphatic heterocycles. The Hall–Kier alpha value is -1.10. The monoisotopic (exact) mass is 228 g/mol. The number of amides is 1. The fourth-order valence-electron chi connectivity index (χ4n) is 1.88. The lowest BCUT2D eigenvalue weighted by Crippen LogP contribution is -2.35. The van der Waals surface area contributed by atoms with Crippen LogP contribution in [-0.2, 0) is 14.3 Å². The van der Waals surface area contributed by atoms with Crippen LogP contribution in [0.3, 0.4) is 0 Å². The summed E-state index contributed by atoms with van der Waals surface area (Å²) in [6.07, 6.45) is 2.90. The third-order valence-electron chi connectivity index (χ3n) is 2.98. The van der Waals surface area contributed by atoms with Crippen LogP contribution in [0.1, 0.15) is 25.7 Å². The molecule has 0 aromatic carbocycles. The third-order valence-corrected chi connectivity index (χ3v) is 2.98. The van der Waals surface area contributed by atoms with Crippen molar-refractivity contribution < 1.29 is 14.3 Å². The second-order valence-electron chi connectivity index (χ2n) is 4.16. The first-order valence-electron chi connectivity index (χ1n) is 5.67. The molecule has 1 atom stereocenters. The van der Waals surface area contributed by atoms with Gasteiger partial charge in [0.15, 0.2) is 0 Å². The van der Waals surface area contributed by atoms with E-state index in [2.05, 4.69) is 15.0 Å². The topological polar surface area (TPSA) is 58.6 Å². The van der Waals surface area contributed by atoms with Crippen molar-refractivity contribution >= 4 is 11.9 Å². The Kier molecular flexibility index (Phi) is 5.25. The van der Waals surface area contributed by atoms with Crippen molar-refractivity contribution in [3.8, 4) is 0 Å². The molecule has 1 saturated heterocycles. The van der Waals surface area contributed by atoms with Crippen molar-refractivity contribution in [2.75, 3.05) is 27.2 Å². The number of carbonyl (C=O) groups excluding carboxylic acids is 2. The average Bonchev–Trinajstić information content (AvgIpc) is 2.50. The first kappa shape index (κ1) is 13.0. The molecule has 1 heterocycles. The maximum atomic E-state index is 11.4. The van der Waals surface area contributed by atoms with E-state index in [0.29, 0.717) is 19.4 Å². The van der Waals surface area contributed by atoms with Crippen LogP contribution in [0.25, 0.3) is 0 Å². The Balaban J connectivity index is 2.36. The van der Waals surface area contributed by atoms with Crippen LogP contribution in [0.15, 0.2) is 0 Å². The van der Waals surface area contributed by atoms with Crippen molar-refractivity contribution in [2.45, 2.75) is 31.7 Å². The number of hydrogen-bond donors (Lipinski definition) is 1. The fourth-order valence-corrected chi connectivity index (χ4v) is 1.88. The lowest BCUT2D eigenvalue weighted by atomic mass is 10.1. The number of carbonyl (C=O) groups is 2. The number of esters is 1. The van der Waals surface area contributed by atoms with Gasteiger partial charge < -0.3 is 15.0 Å². The second-order valence-corrected chi connectivity index (χ2v) is 4.16. The maximum Gasteiger partial charge on any atom is 0.306 e. The normalized spacial score (nSPS) is 21.4. The van der Waals surface area contributed by atoms with Crippen molar-refractivity contribution in [1.29, 1.82) is 0 Å². The number of nitrogens with one attached hydrogen (secondary N) is 1. The Morgan fingerprint density at radius 1 is 1.62 bits per heavy atom. The van der Waals surface area contributed by atoms with Gasteiger partial charge in [0.05, 0.1) is 13.5 Å². The molecule has 92 valence electrons. The molecule has 1 fully saturated rings. The predicted octanol–water partition coefficient (Wildman–Crippen LogP) is 0.150. The Morgan fingerprint density at radius 3 is 3.06 bits per heavy atom. The quantitative estimate of drug-likeness (QED) is 0.696. The van der Waals surface area contributed by atoms with Gasteiger partial charge in [-0.05, 0) is 19.9 Å². The van der Waals surface area contributed by atoms with Gasteiger partial charge in [-0.2, -0.15) is 0 Å². The molecule has 16 heavy (non-hydrogen) atoms. The molecule has 5 nitrogen and oxygen atoms in total. The molecular weight excluding hydrogens is 208 g/mol. The van der Waals surface area contributed by atoms with Crippen molar-refractivity contribution in [3.05, 3.63) is 0 Å². The maximum absolute atomic E-state index is 11.4. The number of methoxy groups -OCH3 is 1. The minimum absolute atomic E-state index is 0.104. The molecule has 0 aromatic rings. The molecule has 1 rings (SSSR count). The van der Waals surface area contributed by atoms with Crippen LogP contribution in [0.4, 0.5) is 0 Å². The SMILES string of the molecule is COC(=O)CCN(C)C1CCCNC(=O)C1. The molecule has 0 aromatic heterocycles. The summed E-state index contributed by atoms with van der Waals surface area (Å²) in [5.41, 5.74) is 0. The third kappa shape index (κ3) is 4.18. The summed E-state index contributed by atoms with van der Waals surface area (Å²) < 4.78 is 4.59. The van der Waals surface area contributed by atoms with Gasteiger partial charge in [-0.1, -0.05) is 0 Å². The van der Waals surface area contributed by atoms with Crippen molar-refractivity contribution in [1.82, 2.24) is 10.2 Å². The van der Waals surface area contributed by atoms with Crippen LogP contribution in [0.2, 0.25) is 0 Å². The van der Waals surface area contributed by atoms with E-state index >= 15 is 0 Å². The van der Waals surface area contributed by atoms with Gasteiger partial charge in [-0.25, -0.2) is 0 Å². The lowest BCUT2D eigenvalue weighted by molar-refractivity contribution is -0.141. The molecule has 0 spiro atoms. The van der Waals surface area contributed by atoms with E-state index in [0.717, 1.165) is 19.4 Å². The zero-order valence-corrected chi connectivity index (χ0v) is 9.99. The first-order chi connectivity index (χ1) is 7.63. The number of hydrogen-bond acceptors (Lipinski definition) is 4. The molecule has 0 saturated carbocycles. The minimum Gasteiger partial charge on any atom is -0.469 e. The van der Waals surface area contributed by atoms with E-state index in [1.807, 2.05) is 7.05 Å². The highest BCUT2D eigenvalue weighted by Gasteiger charge is 2.21. The summed E-state index contributed by atoms with van der Waals surface area (Å²) in [4.78, 5) is 24.4. The highest BCUT2D eigenvalue weighted by Crippen LogP contribution is 2.12. The van der Waals surface area contributed by atoms with Crippen LogP contribution >= 0.6 is 0 Å². The van der Waals surface area contributed by atoms with E-state index < -0.39 is 0 Å². The molecule has 0 bridgehead atoms. The summed E-state index contributed by atoms with van der Waals surface area (Å²) in [5.74, 6) is -0.0997. The van der Waals surface area contributed by atoms with Crippen LogP contribution in [0, 0.1) is 0 Å². The molecule has 0 aliphatic carbocycles. The Labute approximate surface area is 96.1 Å². The summed E-state index contributed by atoms with van der Waals surface area (Å²) in [7, 11) is 3.34. The van der Waals surface area contributed by atoms with E-state index in [1.165, 1.54) is 7.11 Å². The average molecular weight is 228 g/mol. The molecule has 1 amide bonds. The molecule has 1 unspecified atom stereocenters. The summed E-state index contributed by atoms with van der Waals surface area (Å²) in [6, 6.07) is 0.243. The highest BCUT2D eigenvalue weighted by molar-refractivity contribution is 5.76. The minimum atomic E-state index is -0.204. The van der Waals surface area contributed by atoms with Crippen molar-refractivity contribution in [3.63, 3.8) is 0 Å². The van der Waals surface area contributed by atoms with Gasteiger partial charge in [0, 0.05) is 25.6 Å². The number of nitrogens with zero attached hydrogens (tertiary/aromatic N) is 1. The van der Waals surface area contributed by atoms with E-state index in [9.17, 15) is 9.59 Å². The standard InChI is InChI=1S/C11H20N2O3/c1-13(7-5-11(15)16-2)9-4-3-6-12-10(14)8-9/h9H,3-8H2,1-2H3,(H,12,14). The smallest absolute Gasteiger partial charge is 0.306 e. The molecule has 5 heteroatoms. The van der Waals surface area contributed by atoms with Crippen LogP contribution < -0.4 is 5.32 Å². The fraction of sp³-hybridized carbons (Fsp3) is 0.818. The summed E-state index contributed by atoms with van der Waals surface area (Å²) in [5, 5.41) is 2.85. The second kappa shape index (κ2) is 6.48. The van der Waals surface area contributed by atoms with E-state index in [4.69, 9.17) is 0 Å². The van der Waals surface area contributed by atoms with E-state index in [1.54, 1.807) is 0 Å². The zero-order chi connectivity index (χ0) is 12.0. The van der Waals surface area contributed by atoms with Gasteiger partial charge in [0.2, 0.25) is 5.91 Å². The van der Waals surface area contributed by atoms with E-state index in [-0.39, 0.29) is 17.9 Å². The molecule has 1 aliphatic rings. The van der Waals surface area contributed by atoms with Gasteiger partial charge >= 0.3 is 5.97 Å². The largest absolute Gasteiger partial charge is 0.469 e. The van der Waals surface area contributed by atoms with Gasteiger partial charge in [-0.3, -0.25) is 9.59 Å². The number of rotatable bonds is 4. The molecule has 0 radical (unpaired) electrons. The molecule has 1 N–H and O–H groups in total. The summed E-state index contributed by atoms with van der Waals surface area (Å²) in [6.45, 7) is 1.41. The number of ether oxygens (including phenoxy) is 1. The Bertz CT molecular complexity index is 256. The van der Waals surface area contributed by atoms with Crippen molar-refractivity contribution in [2.24, 2.45) is 0 Å². The van der Waals surface area contributed by atoms with Crippen LogP contribution in [-0.4, -0.2) is 50.1 Å². The summed E-state index contributed by atoms with van der Waals surface area (Å²) >= 11 is 0. The molecular formula is C11H20N2O3. The van der Waals surface area contributed by atoms with Gasteiger partial charge in [-0.15, -0.1) is 0 Å².